The molecule has 17 heavy (non-hydrogen) atoms. The number of hydrogen-bond donors (Lipinski definition) is 0. The van der Waals surface area contributed by atoms with Crippen LogP contribution in [0.25, 0.3) is 0 Å². The van der Waals surface area contributed by atoms with Crippen LogP contribution in [0.1, 0.15) is 11.3 Å². The predicted molar refractivity (Wildman–Crippen MR) is 60.7 cm³/mol. The normalized spacial score (nSPS) is 9.65. The van der Waals surface area contributed by atoms with Crippen LogP contribution in [0.5, 0.6) is 11.5 Å². The number of rotatable bonds is 4. The molecule has 0 bridgehead atoms. The zero-order valence-corrected chi connectivity index (χ0v) is 9.34. The maximum absolute atomic E-state index is 8.85. The lowest BCUT2D eigenvalue weighted by Gasteiger charge is -2.07. The van der Waals surface area contributed by atoms with E-state index in [0.29, 0.717) is 23.7 Å². The molecule has 2 rings (SSSR count). The summed E-state index contributed by atoms with van der Waals surface area (Å²) in [5.74, 6) is 1.90. The van der Waals surface area contributed by atoms with Gasteiger partial charge in [0, 0.05) is 6.07 Å². The quantitative estimate of drug-likeness (QED) is 0.808. The molecule has 0 aliphatic heterocycles. The second kappa shape index (κ2) is 5.08. The number of ether oxygens (including phenoxy) is 2. The van der Waals surface area contributed by atoms with E-state index in [1.54, 1.807) is 37.6 Å². The number of nitriles is 1. The summed E-state index contributed by atoms with van der Waals surface area (Å²) in [5.41, 5.74) is 0.499. The monoisotopic (exact) mass is 229 g/mol. The fraction of sp³-hybridized carbons (Fsp3) is 0.154. The van der Waals surface area contributed by atoms with Crippen molar-refractivity contribution in [3.8, 4) is 17.6 Å². The van der Waals surface area contributed by atoms with Crippen LogP contribution in [0, 0.1) is 11.3 Å². The van der Waals surface area contributed by atoms with Gasteiger partial charge in [-0.1, -0.05) is 0 Å². The zero-order chi connectivity index (χ0) is 12.1. The van der Waals surface area contributed by atoms with Crippen molar-refractivity contribution < 1.29 is 13.9 Å². The molecule has 0 unspecified atom stereocenters. The van der Waals surface area contributed by atoms with Gasteiger partial charge in [-0.2, -0.15) is 5.26 Å². The summed E-state index contributed by atoms with van der Waals surface area (Å²) in [6.45, 7) is 0.324. The van der Waals surface area contributed by atoms with Crippen LogP contribution < -0.4 is 9.47 Å². The Balaban J connectivity index is 2.12. The van der Waals surface area contributed by atoms with Gasteiger partial charge in [0.1, 0.15) is 23.9 Å². The van der Waals surface area contributed by atoms with Crippen LogP contribution in [-0.4, -0.2) is 7.11 Å². The highest BCUT2D eigenvalue weighted by molar-refractivity contribution is 5.43. The van der Waals surface area contributed by atoms with E-state index in [1.165, 1.54) is 0 Å². The second-order valence-corrected chi connectivity index (χ2v) is 3.38. The van der Waals surface area contributed by atoms with Crippen LogP contribution in [0.2, 0.25) is 0 Å². The Morgan fingerprint density at radius 1 is 1.29 bits per heavy atom. The summed E-state index contributed by atoms with van der Waals surface area (Å²) in [4.78, 5) is 0. The molecule has 0 spiro atoms. The van der Waals surface area contributed by atoms with Gasteiger partial charge in [0.15, 0.2) is 0 Å². The minimum Gasteiger partial charge on any atom is -0.497 e. The van der Waals surface area contributed by atoms with Crippen molar-refractivity contribution in [2.24, 2.45) is 0 Å². The second-order valence-electron chi connectivity index (χ2n) is 3.38. The van der Waals surface area contributed by atoms with Crippen LogP contribution in [-0.2, 0) is 6.61 Å². The van der Waals surface area contributed by atoms with Crippen LogP contribution in [0.4, 0.5) is 0 Å². The average molecular weight is 229 g/mol. The van der Waals surface area contributed by atoms with Gasteiger partial charge in [0.25, 0.3) is 0 Å². The molecule has 1 aromatic heterocycles. The van der Waals surface area contributed by atoms with E-state index in [-0.39, 0.29) is 0 Å². The molecule has 0 atom stereocenters. The van der Waals surface area contributed by atoms with E-state index < -0.39 is 0 Å². The Morgan fingerprint density at radius 2 is 2.12 bits per heavy atom. The fourth-order valence-electron chi connectivity index (χ4n) is 1.39. The third-order valence-corrected chi connectivity index (χ3v) is 2.21. The van der Waals surface area contributed by atoms with Gasteiger partial charge in [-0.25, -0.2) is 0 Å². The Kier molecular flexibility index (Phi) is 3.31. The summed E-state index contributed by atoms with van der Waals surface area (Å²) in [6.07, 6.45) is 1.59. The van der Waals surface area contributed by atoms with Gasteiger partial charge in [0.05, 0.1) is 25.0 Å². The minimum atomic E-state index is 0.324. The smallest absolute Gasteiger partial charge is 0.146 e. The van der Waals surface area contributed by atoms with Crippen LogP contribution >= 0.6 is 0 Å². The third-order valence-electron chi connectivity index (χ3n) is 2.21. The summed E-state index contributed by atoms with van der Waals surface area (Å²) < 4.78 is 15.7. The molecule has 2 aromatic rings. The summed E-state index contributed by atoms with van der Waals surface area (Å²) in [5, 5.41) is 8.85. The molecular formula is C13H11NO3. The molecule has 4 nitrogen and oxygen atoms in total. The van der Waals surface area contributed by atoms with Crippen molar-refractivity contribution in [3.63, 3.8) is 0 Å². The van der Waals surface area contributed by atoms with Gasteiger partial charge in [0.2, 0.25) is 0 Å². The molecule has 0 aliphatic carbocycles. The Morgan fingerprint density at radius 3 is 2.76 bits per heavy atom. The predicted octanol–water partition coefficient (Wildman–Crippen LogP) is 2.74. The van der Waals surface area contributed by atoms with E-state index in [9.17, 15) is 0 Å². The summed E-state index contributed by atoms with van der Waals surface area (Å²) >= 11 is 0. The molecule has 4 heteroatoms. The van der Waals surface area contributed by atoms with Crippen molar-refractivity contribution in [2.45, 2.75) is 6.61 Å². The van der Waals surface area contributed by atoms with Gasteiger partial charge in [-0.05, 0) is 24.3 Å². The molecule has 0 amide bonds. The van der Waals surface area contributed by atoms with Gasteiger partial charge < -0.3 is 13.9 Å². The first kappa shape index (κ1) is 11.1. The van der Waals surface area contributed by atoms with Gasteiger partial charge >= 0.3 is 0 Å². The number of furan rings is 1. The molecule has 0 N–H and O–H groups in total. The Hall–Kier alpha value is -2.41. The third kappa shape index (κ3) is 2.79. The van der Waals surface area contributed by atoms with E-state index in [1.807, 2.05) is 6.07 Å². The summed E-state index contributed by atoms with van der Waals surface area (Å²) in [6, 6.07) is 10.7. The Bertz CT molecular complexity index is 526. The molecule has 0 saturated heterocycles. The molecule has 0 fully saturated rings. The lowest BCUT2D eigenvalue weighted by Crippen LogP contribution is -1.95. The zero-order valence-electron chi connectivity index (χ0n) is 9.34. The molecule has 86 valence electrons. The lowest BCUT2D eigenvalue weighted by atomic mass is 10.2. The topological polar surface area (TPSA) is 55.4 Å². The highest BCUT2D eigenvalue weighted by atomic mass is 16.5. The van der Waals surface area contributed by atoms with E-state index >= 15 is 0 Å². The maximum Gasteiger partial charge on any atom is 0.146 e. The number of nitrogens with zero attached hydrogens (tertiary/aromatic N) is 1. The minimum absolute atomic E-state index is 0.324. The first-order valence-corrected chi connectivity index (χ1v) is 5.06. The van der Waals surface area contributed by atoms with Crippen molar-refractivity contribution in [1.82, 2.24) is 0 Å². The summed E-state index contributed by atoms with van der Waals surface area (Å²) in [7, 11) is 1.55. The van der Waals surface area contributed by atoms with Crippen molar-refractivity contribution in [1.29, 1.82) is 5.26 Å². The first-order chi connectivity index (χ1) is 8.31. The number of benzene rings is 1. The maximum atomic E-state index is 8.85. The van der Waals surface area contributed by atoms with Crippen LogP contribution in [0.3, 0.4) is 0 Å². The van der Waals surface area contributed by atoms with Crippen molar-refractivity contribution in [3.05, 3.63) is 47.9 Å². The van der Waals surface area contributed by atoms with Gasteiger partial charge in [-0.15, -0.1) is 0 Å². The molecule has 1 heterocycles. The first-order valence-electron chi connectivity index (χ1n) is 5.06. The number of hydrogen-bond acceptors (Lipinski definition) is 4. The SMILES string of the molecule is COc1cc(C#N)cc(OCc2ccco2)c1. The van der Waals surface area contributed by atoms with E-state index in [2.05, 4.69) is 6.07 Å². The largest absolute Gasteiger partial charge is 0.497 e. The lowest BCUT2D eigenvalue weighted by molar-refractivity contribution is 0.269. The Labute approximate surface area is 99.0 Å². The highest BCUT2D eigenvalue weighted by Crippen LogP contribution is 2.23. The molecule has 0 saturated carbocycles. The van der Waals surface area contributed by atoms with Gasteiger partial charge in [-0.3, -0.25) is 0 Å². The van der Waals surface area contributed by atoms with E-state index in [0.717, 1.165) is 5.76 Å². The molecular weight excluding hydrogens is 218 g/mol. The van der Waals surface area contributed by atoms with Crippen LogP contribution in [0.15, 0.2) is 41.0 Å². The fourth-order valence-corrected chi connectivity index (χ4v) is 1.39. The molecule has 0 aliphatic rings. The highest BCUT2D eigenvalue weighted by Gasteiger charge is 2.03. The molecule has 1 aromatic carbocycles. The standard InChI is InChI=1S/C13H11NO3/c1-15-12-5-10(8-14)6-13(7-12)17-9-11-3-2-4-16-11/h2-7H,9H2,1H3. The van der Waals surface area contributed by atoms with Crippen molar-refractivity contribution in [2.75, 3.05) is 7.11 Å². The number of methoxy groups -OCH3 is 1. The van der Waals surface area contributed by atoms with E-state index in [4.69, 9.17) is 19.2 Å². The van der Waals surface area contributed by atoms with Crippen molar-refractivity contribution >= 4 is 0 Å². The average Bonchev–Trinajstić information content (AvgIpc) is 2.89. The molecule has 0 radical (unpaired) electrons.